The Morgan fingerprint density at radius 3 is 2.19 bits per heavy atom. The average Bonchev–Trinajstić information content (AvgIpc) is 2.25. The summed E-state index contributed by atoms with van der Waals surface area (Å²) in [6.45, 7) is 6.01. The molecule has 4 heteroatoms. The summed E-state index contributed by atoms with van der Waals surface area (Å²) in [4.78, 5) is 0. The summed E-state index contributed by atoms with van der Waals surface area (Å²) in [7, 11) is 1.63. The molecule has 0 aliphatic heterocycles. The first-order valence-electron chi connectivity index (χ1n) is 5.11. The van der Waals surface area contributed by atoms with E-state index in [1.807, 2.05) is 45.0 Å². The Kier molecular flexibility index (Phi) is 4.50. The molecule has 3 nitrogen and oxygen atoms in total. The zero-order chi connectivity index (χ0) is 12.2. The molecule has 0 aliphatic carbocycles. The van der Waals surface area contributed by atoms with Crippen molar-refractivity contribution < 1.29 is 13.1 Å². The minimum atomic E-state index is -1.28. The van der Waals surface area contributed by atoms with Crippen LogP contribution in [0.15, 0.2) is 24.3 Å². The summed E-state index contributed by atoms with van der Waals surface area (Å²) in [5.41, 5.74) is 0.985. The molecule has 0 N–H and O–H groups in total. The second-order valence-corrected chi connectivity index (χ2v) is 6.39. The topological polar surface area (TPSA) is 35.5 Å². The van der Waals surface area contributed by atoms with E-state index >= 15 is 0 Å². The average molecular weight is 242 g/mol. The van der Waals surface area contributed by atoms with Crippen molar-refractivity contribution in [2.24, 2.45) is 0 Å². The molecular weight excluding hydrogens is 224 g/mol. The van der Waals surface area contributed by atoms with Crippen LogP contribution in [-0.2, 0) is 21.9 Å². The lowest BCUT2D eigenvalue weighted by molar-refractivity contribution is 0.326. The monoisotopic (exact) mass is 242 g/mol. The summed E-state index contributed by atoms with van der Waals surface area (Å²) < 4.78 is 21.6. The number of hydrogen-bond acceptors (Lipinski definition) is 3. The number of ether oxygens (including phenoxy) is 1. The van der Waals surface area contributed by atoms with Crippen LogP contribution in [0.1, 0.15) is 26.3 Å². The maximum Gasteiger partial charge on any atom is 0.161 e. The lowest BCUT2D eigenvalue weighted by Crippen LogP contribution is -2.23. The highest BCUT2D eigenvalue weighted by Gasteiger charge is 2.20. The van der Waals surface area contributed by atoms with Gasteiger partial charge in [-0.25, -0.2) is 4.21 Å². The highest BCUT2D eigenvalue weighted by molar-refractivity contribution is 7.81. The molecule has 0 aliphatic rings. The van der Waals surface area contributed by atoms with E-state index < -0.39 is 11.1 Å². The Hall–Kier alpha value is -0.870. The van der Waals surface area contributed by atoms with Gasteiger partial charge in [-0.1, -0.05) is 12.1 Å². The maximum atomic E-state index is 11.6. The van der Waals surface area contributed by atoms with Crippen LogP contribution in [-0.4, -0.2) is 16.1 Å². The van der Waals surface area contributed by atoms with Crippen LogP contribution >= 0.6 is 0 Å². The molecule has 1 unspecified atom stereocenters. The van der Waals surface area contributed by atoms with Gasteiger partial charge in [0.1, 0.15) is 5.75 Å². The van der Waals surface area contributed by atoms with Crippen LogP contribution in [0.25, 0.3) is 0 Å². The van der Waals surface area contributed by atoms with Gasteiger partial charge in [-0.2, -0.15) is 0 Å². The fourth-order valence-electron chi connectivity index (χ4n) is 1.02. The van der Waals surface area contributed by atoms with E-state index in [-0.39, 0.29) is 4.75 Å². The zero-order valence-electron chi connectivity index (χ0n) is 10.1. The molecule has 0 aromatic heterocycles. The molecule has 0 heterocycles. The summed E-state index contributed by atoms with van der Waals surface area (Å²) >= 11 is -1.28. The van der Waals surface area contributed by atoms with Gasteiger partial charge in [0, 0.05) is 0 Å². The molecule has 0 bridgehead atoms. The molecule has 90 valence electrons. The molecule has 0 saturated heterocycles. The van der Waals surface area contributed by atoms with E-state index in [9.17, 15) is 4.21 Å². The first-order valence-corrected chi connectivity index (χ1v) is 6.19. The van der Waals surface area contributed by atoms with Gasteiger partial charge in [-0.3, -0.25) is 4.18 Å². The standard InChI is InChI=1S/C12H18O3S/c1-12(2,3)16(13)15-9-10-5-7-11(14-4)8-6-10/h5-8H,9H2,1-4H3. The van der Waals surface area contributed by atoms with Crippen LogP contribution in [0.5, 0.6) is 5.75 Å². The van der Waals surface area contributed by atoms with Crippen LogP contribution < -0.4 is 4.74 Å². The smallest absolute Gasteiger partial charge is 0.161 e. The molecular formula is C12H18O3S. The second-order valence-electron chi connectivity index (χ2n) is 4.46. The fourth-order valence-corrected chi connectivity index (χ4v) is 1.62. The van der Waals surface area contributed by atoms with Gasteiger partial charge in [0.2, 0.25) is 0 Å². The van der Waals surface area contributed by atoms with Crippen LogP contribution in [0.2, 0.25) is 0 Å². The van der Waals surface area contributed by atoms with E-state index in [2.05, 4.69) is 0 Å². The van der Waals surface area contributed by atoms with Crippen LogP contribution in [0.3, 0.4) is 0 Å². The molecule has 0 spiro atoms. The maximum absolute atomic E-state index is 11.6. The largest absolute Gasteiger partial charge is 0.497 e. The van der Waals surface area contributed by atoms with Gasteiger partial charge in [-0.05, 0) is 38.5 Å². The van der Waals surface area contributed by atoms with E-state index in [4.69, 9.17) is 8.92 Å². The molecule has 1 atom stereocenters. The number of rotatable bonds is 4. The second kappa shape index (κ2) is 5.46. The minimum absolute atomic E-state index is 0.341. The van der Waals surface area contributed by atoms with Crippen LogP contribution in [0, 0.1) is 0 Å². The Labute approximate surface area is 99.4 Å². The van der Waals surface area contributed by atoms with Gasteiger partial charge < -0.3 is 4.74 Å². The van der Waals surface area contributed by atoms with Gasteiger partial charge in [0.25, 0.3) is 0 Å². The first-order chi connectivity index (χ1) is 7.43. The Balaban J connectivity index is 2.52. The highest BCUT2D eigenvalue weighted by Crippen LogP contribution is 2.16. The quantitative estimate of drug-likeness (QED) is 0.814. The lowest BCUT2D eigenvalue weighted by atomic mass is 10.2. The Morgan fingerprint density at radius 2 is 1.75 bits per heavy atom. The molecule has 0 radical (unpaired) electrons. The van der Waals surface area contributed by atoms with E-state index in [1.54, 1.807) is 7.11 Å². The minimum Gasteiger partial charge on any atom is -0.497 e. The van der Waals surface area contributed by atoms with E-state index in [1.165, 1.54) is 0 Å². The van der Waals surface area contributed by atoms with Gasteiger partial charge in [-0.15, -0.1) is 0 Å². The Bertz CT molecular complexity index is 352. The lowest BCUT2D eigenvalue weighted by Gasteiger charge is -2.16. The molecule has 16 heavy (non-hydrogen) atoms. The van der Waals surface area contributed by atoms with Gasteiger partial charge in [0.15, 0.2) is 11.1 Å². The number of methoxy groups -OCH3 is 1. The van der Waals surface area contributed by atoms with E-state index in [0.717, 1.165) is 11.3 Å². The molecule has 0 fully saturated rings. The van der Waals surface area contributed by atoms with E-state index in [0.29, 0.717) is 6.61 Å². The Morgan fingerprint density at radius 1 is 1.19 bits per heavy atom. The zero-order valence-corrected chi connectivity index (χ0v) is 11.0. The summed E-state index contributed by atoms with van der Waals surface area (Å²) in [6, 6.07) is 7.52. The third-order valence-corrected chi connectivity index (χ3v) is 3.32. The van der Waals surface area contributed by atoms with Crippen molar-refractivity contribution in [3.8, 4) is 5.75 Å². The molecule has 0 amide bonds. The normalized spacial score (nSPS) is 13.5. The van der Waals surface area contributed by atoms with Crippen molar-refractivity contribution in [3.63, 3.8) is 0 Å². The predicted octanol–water partition coefficient (Wildman–Crippen LogP) is 2.67. The van der Waals surface area contributed by atoms with Crippen molar-refractivity contribution in [3.05, 3.63) is 29.8 Å². The summed E-state index contributed by atoms with van der Waals surface area (Å²) in [6.07, 6.45) is 0. The molecule has 1 rings (SSSR count). The number of benzene rings is 1. The predicted molar refractivity (Wildman–Crippen MR) is 65.7 cm³/mol. The van der Waals surface area contributed by atoms with Crippen LogP contribution in [0.4, 0.5) is 0 Å². The van der Waals surface area contributed by atoms with Crippen molar-refractivity contribution in [2.45, 2.75) is 32.1 Å². The summed E-state index contributed by atoms with van der Waals surface area (Å²) in [5, 5.41) is 0. The summed E-state index contributed by atoms with van der Waals surface area (Å²) in [5.74, 6) is 0.806. The first kappa shape index (κ1) is 13.2. The van der Waals surface area contributed by atoms with Crippen molar-refractivity contribution >= 4 is 11.1 Å². The molecule has 1 aromatic carbocycles. The molecule has 1 aromatic rings. The highest BCUT2D eigenvalue weighted by atomic mass is 32.2. The SMILES string of the molecule is COc1ccc(COS(=O)C(C)(C)C)cc1. The van der Waals surface area contributed by atoms with Crippen molar-refractivity contribution in [1.29, 1.82) is 0 Å². The van der Waals surface area contributed by atoms with Gasteiger partial charge in [0.05, 0.1) is 18.5 Å². The number of hydrogen-bond donors (Lipinski definition) is 0. The fraction of sp³-hybridized carbons (Fsp3) is 0.500. The van der Waals surface area contributed by atoms with Gasteiger partial charge >= 0.3 is 0 Å². The third-order valence-electron chi connectivity index (χ3n) is 1.99. The van der Waals surface area contributed by atoms with Crippen molar-refractivity contribution in [1.82, 2.24) is 0 Å². The van der Waals surface area contributed by atoms with Crippen molar-refractivity contribution in [2.75, 3.05) is 7.11 Å². The third kappa shape index (κ3) is 3.94. The molecule has 0 saturated carbocycles.